The van der Waals surface area contributed by atoms with Crippen LogP contribution in [0, 0.1) is 5.82 Å². The highest BCUT2D eigenvalue weighted by molar-refractivity contribution is 6.00. The lowest BCUT2D eigenvalue weighted by atomic mass is 10.1. The number of nitrogens with zero attached hydrogens (tertiary/aromatic N) is 3. The molecule has 10 heteroatoms. The average molecular weight is 396 g/mol. The highest BCUT2D eigenvalue weighted by Gasteiger charge is 2.36. The van der Waals surface area contributed by atoms with Gasteiger partial charge >= 0.3 is 6.18 Å². The van der Waals surface area contributed by atoms with E-state index < -0.39 is 23.6 Å². The van der Waals surface area contributed by atoms with E-state index in [0.717, 1.165) is 24.4 Å². The van der Waals surface area contributed by atoms with Crippen molar-refractivity contribution >= 4 is 11.6 Å². The standard InChI is InChI=1S/C18H16F4N4O2/c1-10(9-28-2)24-17(27)13-8-23-26-15(18(20,21)22)7-14(25-16(13)26)11-3-5-12(19)6-4-11/h3-8,10H,9H2,1-2H3,(H,24,27). The van der Waals surface area contributed by atoms with Gasteiger partial charge in [-0.2, -0.15) is 18.3 Å². The van der Waals surface area contributed by atoms with Gasteiger partial charge in [0, 0.05) is 18.7 Å². The van der Waals surface area contributed by atoms with Gasteiger partial charge in [0.05, 0.1) is 18.5 Å². The highest BCUT2D eigenvalue weighted by atomic mass is 19.4. The maximum absolute atomic E-state index is 13.5. The van der Waals surface area contributed by atoms with Crippen LogP contribution >= 0.6 is 0 Å². The first kappa shape index (κ1) is 19.7. The highest BCUT2D eigenvalue weighted by Crippen LogP contribution is 2.32. The van der Waals surface area contributed by atoms with Crippen molar-refractivity contribution in [3.8, 4) is 11.3 Å². The van der Waals surface area contributed by atoms with Crippen LogP contribution in [0.1, 0.15) is 23.0 Å². The van der Waals surface area contributed by atoms with Crippen molar-refractivity contribution < 1.29 is 27.1 Å². The minimum atomic E-state index is -4.74. The number of benzene rings is 1. The molecular formula is C18H16F4N4O2. The molecule has 1 atom stereocenters. The number of fused-ring (bicyclic) bond motifs is 1. The van der Waals surface area contributed by atoms with Gasteiger partial charge in [0.15, 0.2) is 11.3 Å². The maximum atomic E-state index is 13.5. The van der Waals surface area contributed by atoms with Crippen LogP contribution in [0.5, 0.6) is 0 Å². The molecule has 2 heterocycles. The van der Waals surface area contributed by atoms with Gasteiger partial charge < -0.3 is 10.1 Å². The smallest absolute Gasteiger partial charge is 0.383 e. The van der Waals surface area contributed by atoms with Crippen molar-refractivity contribution in [2.75, 3.05) is 13.7 Å². The zero-order chi connectivity index (χ0) is 20.5. The van der Waals surface area contributed by atoms with Gasteiger partial charge in [-0.25, -0.2) is 13.9 Å². The number of hydrogen-bond donors (Lipinski definition) is 1. The Hall–Kier alpha value is -3.01. The molecule has 0 saturated heterocycles. The van der Waals surface area contributed by atoms with Crippen molar-refractivity contribution in [3.63, 3.8) is 0 Å². The molecule has 2 aromatic heterocycles. The summed E-state index contributed by atoms with van der Waals surface area (Å²) in [6.07, 6.45) is -3.71. The van der Waals surface area contributed by atoms with Crippen molar-refractivity contribution in [2.45, 2.75) is 19.1 Å². The Labute approximate surface area is 157 Å². The van der Waals surface area contributed by atoms with Gasteiger partial charge in [-0.15, -0.1) is 0 Å². The molecule has 0 aliphatic rings. The van der Waals surface area contributed by atoms with Crippen LogP contribution in [0.3, 0.4) is 0 Å². The molecule has 0 radical (unpaired) electrons. The minimum absolute atomic E-state index is 0.0562. The minimum Gasteiger partial charge on any atom is -0.383 e. The fourth-order valence-corrected chi connectivity index (χ4v) is 2.69. The number of amides is 1. The molecule has 28 heavy (non-hydrogen) atoms. The van der Waals surface area contributed by atoms with Crippen LogP contribution in [-0.4, -0.2) is 40.3 Å². The second-order valence-corrected chi connectivity index (χ2v) is 6.15. The Morgan fingerprint density at radius 1 is 1.29 bits per heavy atom. The molecule has 1 N–H and O–H groups in total. The summed E-state index contributed by atoms with van der Waals surface area (Å²) in [4.78, 5) is 16.6. The third-order valence-corrected chi connectivity index (χ3v) is 3.94. The van der Waals surface area contributed by atoms with Gasteiger partial charge in [0.1, 0.15) is 11.4 Å². The van der Waals surface area contributed by atoms with E-state index in [2.05, 4.69) is 15.4 Å². The lowest BCUT2D eigenvalue weighted by molar-refractivity contribution is -0.142. The first-order valence-electron chi connectivity index (χ1n) is 8.22. The first-order valence-corrected chi connectivity index (χ1v) is 8.22. The summed E-state index contributed by atoms with van der Waals surface area (Å²) < 4.78 is 59.3. The second-order valence-electron chi connectivity index (χ2n) is 6.15. The fraction of sp³-hybridized carbons (Fsp3) is 0.278. The third-order valence-electron chi connectivity index (χ3n) is 3.94. The molecule has 0 saturated carbocycles. The maximum Gasteiger partial charge on any atom is 0.433 e. The Kier molecular flexibility index (Phi) is 5.32. The molecule has 1 aromatic carbocycles. The van der Waals surface area contributed by atoms with Crippen LogP contribution < -0.4 is 5.32 Å². The predicted octanol–water partition coefficient (Wildman–Crippen LogP) is 3.32. The summed E-state index contributed by atoms with van der Waals surface area (Å²) in [5.41, 5.74) is -1.25. The van der Waals surface area contributed by atoms with Gasteiger partial charge in [0.2, 0.25) is 0 Å². The van der Waals surface area contributed by atoms with Crippen LogP contribution in [0.4, 0.5) is 17.6 Å². The van der Waals surface area contributed by atoms with E-state index in [9.17, 15) is 22.4 Å². The zero-order valence-electron chi connectivity index (χ0n) is 14.9. The number of carbonyl (C=O) groups is 1. The molecule has 6 nitrogen and oxygen atoms in total. The largest absolute Gasteiger partial charge is 0.433 e. The molecule has 1 unspecified atom stereocenters. The summed E-state index contributed by atoms with van der Waals surface area (Å²) >= 11 is 0. The van der Waals surface area contributed by atoms with E-state index in [1.165, 1.54) is 19.2 Å². The van der Waals surface area contributed by atoms with E-state index in [1.807, 2.05) is 0 Å². The van der Waals surface area contributed by atoms with E-state index in [-0.39, 0.29) is 35.1 Å². The molecule has 1 amide bonds. The third kappa shape index (κ3) is 3.96. The number of hydrogen-bond acceptors (Lipinski definition) is 4. The summed E-state index contributed by atoms with van der Waals surface area (Å²) in [5.74, 6) is -1.16. The van der Waals surface area contributed by atoms with E-state index in [4.69, 9.17) is 4.74 Å². The first-order chi connectivity index (χ1) is 13.2. The summed E-state index contributed by atoms with van der Waals surface area (Å²) in [5, 5.41) is 6.30. The number of rotatable bonds is 5. The molecule has 0 aliphatic heterocycles. The molecule has 0 aliphatic carbocycles. The lowest BCUT2D eigenvalue weighted by Crippen LogP contribution is -2.35. The van der Waals surface area contributed by atoms with Crippen molar-refractivity contribution in [3.05, 3.63) is 53.6 Å². The number of methoxy groups -OCH3 is 1. The Morgan fingerprint density at radius 2 is 1.96 bits per heavy atom. The molecule has 0 fully saturated rings. The van der Waals surface area contributed by atoms with Crippen molar-refractivity contribution in [2.24, 2.45) is 0 Å². The molecule has 0 bridgehead atoms. The molecular weight excluding hydrogens is 380 g/mol. The Balaban J connectivity index is 2.14. The SMILES string of the molecule is COCC(C)NC(=O)c1cnn2c(C(F)(F)F)cc(-c3ccc(F)cc3)nc12. The predicted molar refractivity (Wildman–Crippen MR) is 92.2 cm³/mol. The van der Waals surface area contributed by atoms with E-state index in [1.54, 1.807) is 6.92 Å². The summed E-state index contributed by atoms with van der Waals surface area (Å²) in [7, 11) is 1.46. The zero-order valence-corrected chi connectivity index (χ0v) is 14.9. The molecule has 3 aromatic rings. The van der Waals surface area contributed by atoms with Crippen LogP contribution in [-0.2, 0) is 10.9 Å². The van der Waals surface area contributed by atoms with Gasteiger partial charge in [-0.3, -0.25) is 4.79 Å². The van der Waals surface area contributed by atoms with Crippen LogP contribution in [0.15, 0.2) is 36.5 Å². The Bertz CT molecular complexity index is 999. The number of halogens is 4. The van der Waals surface area contributed by atoms with Crippen LogP contribution in [0.2, 0.25) is 0 Å². The van der Waals surface area contributed by atoms with Gasteiger partial charge in [0.25, 0.3) is 5.91 Å². The molecule has 0 spiro atoms. The topological polar surface area (TPSA) is 68.5 Å². The monoisotopic (exact) mass is 396 g/mol. The average Bonchev–Trinajstić information content (AvgIpc) is 3.04. The molecule has 3 rings (SSSR count). The number of nitrogens with one attached hydrogen (secondary N) is 1. The number of ether oxygens (including phenoxy) is 1. The van der Waals surface area contributed by atoms with Crippen LogP contribution in [0.25, 0.3) is 16.9 Å². The van der Waals surface area contributed by atoms with E-state index >= 15 is 0 Å². The lowest BCUT2D eigenvalue weighted by Gasteiger charge is -2.13. The fourth-order valence-electron chi connectivity index (χ4n) is 2.69. The second kappa shape index (κ2) is 7.55. The van der Waals surface area contributed by atoms with Gasteiger partial charge in [-0.1, -0.05) is 0 Å². The van der Waals surface area contributed by atoms with Gasteiger partial charge in [-0.05, 0) is 37.3 Å². The van der Waals surface area contributed by atoms with Crippen molar-refractivity contribution in [1.29, 1.82) is 0 Å². The molecule has 148 valence electrons. The number of carbonyl (C=O) groups excluding carboxylic acids is 1. The number of alkyl halides is 3. The number of aromatic nitrogens is 3. The quantitative estimate of drug-likeness (QED) is 0.672. The Morgan fingerprint density at radius 3 is 2.57 bits per heavy atom. The summed E-state index contributed by atoms with van der Waals surface area (Å²) in [6, 6.07) is 5.30. The van der Waals surface area contributed by atoms with Crippen molar-refractivity contribution in [1.82, 2.24) is 19.9 Å². The van der Waals surface area contributed by atoms with E-state index in [0.29, 0.717) is 4.52 Å². The summed E-state index contributed by atoms with van der Waals surface area (Å²) in [6.45, 7) is 1.92. The normalized spacial score (nSPS) is 12.9.